The van der Waals surface area contributed by atoms with Crippen molar-refractivity contribution in [3.8, 4) is 0 Å². The number of hydrogen-bond donors (Lipinski definition) is 0. The van der Waals surface area contributed by atoms with Crippen LogP contribution in [0.4, 0.5) is 0 Å². The smallest absolute Gasteiger partial charge is 0.274 e. The summed E-state index contributed by atoms with van der Waals surface area (Å²) in [6, 6.07) is 5.25. The van der Waals surface area contributed by atoms with Gasteiger partial charge in [0.15, 0.2) is 5.69 Å². The summed E-state index contributed by atoms with van der Waals surface area (Å²) in [6.45, 7) is 10.2. The summed E-state index contributed by atoms with van der Waals surface area (Å²) in [4.78, 5) is 26.7. The molecule has 3 rings (SSSR count). The first-order valence-corrected chi connectivity index (χ1v) is 9.53. The molecule has 0 N–H and O–H groups in total. The lowest BCUT2D eigenvalue weighted by atomic mass is 9.92. The molecule has 27 heavy (non-hydrogen) atoms. The second kappa shape index (κ2) is 7.29. The average Bonchev–Trinajstić information content (AvgIpc) is 2.95. The maximum atomic E-state index is 12.6. The fourth-order valence-electron chi connectivity index (χ4n) is 3.37. The predicted octanol–water partition coefficient (Wildman–Crippen LogP) is 2.14. The van der Waals surface area contributed by atoms with Crippen LogP contribution in [-0.2, 0) is 19.0 Å². The van der Waals surface area contributed by atoms with Gasteiger partial charge < -0.3 is 4.90 Å². The van der Waals surface area contributed by atoms with Gasteiger partial charge >= 0.3 is 0 Å². The average molecular weight is 371 g/mol. The Morgan fingerprint density at radius 1 is 1.19 bits per heavy atom. The molecule has 0 aromatic carbocycles. The standard InChI is InChI=1S/C20H29N5O2/c1-14-12-16(21-23(14)5)19(27)24-10-8-15(9-11-24)13-25-18(26)7-6-17(22-25)20(2,3)4/h6-7,12,15H,8-11,13H2,1-5H3. The molecule has 146 valence electrons. The van der Waals surface area contributed by atoms with Crippen LogP contribution < -0.4 is 5.56 Å². The van der Waals surface area contributed by atoms with E-state index in [9.17, 15) is 9.59 Å². The number of rotatable bonds is 3. The Kier molecular flexibility index (Phi) is 5.22. The molecule has 0 bridgehead atoms. The minimum absolute atomic E-state index is 0.0119. The van der Waals surface area contributed by atoms with Crippen molar-refractivity contribution in [3.63, 3.8) is 0 Å². The van der Waals surface area contributed by atoms with Gasteiger partial charge in [-0.25, -0.2) is 4.68 Å². The maximum absolute atomic E-state index is 12.6. The number of nitrogens with zero attached hydrogens (tertiary/aromatic N) is 5. The predicted molar refractivity (Wildman–Crippen MR) is 104 cm³/mol. The van der Waals surface area contributed by atoms with Gasteiger partial charge in [-0.15, -0.1) is 0 Å². The van der Waals surface area contributed by atoms with E-state index in [0.717, 1.165) is 24.2 Å². The van der Waals surface area contributed by atoms with Crippen LogP contribution in [0.5, 0.6) is 0 Å². The number of aryl methyl sites for hydroxylation is 2. The van der Waals surface area contributed by atoms with Crippen LogP contribution >= 0.6 is 0 Å². The molecule has 1 aliphatic rings. The fourth-order valence-corrected chi connectivity index (χ4v) is 3.37. The number of aromatic nitrogens is 4. The van der Waals surface area contributed by atoms with Crippen molar-refractivity contribution in [2.75, 3.05) is 13.1 Å². The van der Waals surface area contributed by atoms with Crippen LogP contribution in [0, 0.1) is 12.8 Å². The summed E-state index contributed by atoms with van der Waals surface area (Å²) < 4.78 is 3.31. The van der Waals surface area contributed by atoms with E-state index < -0.39 is 0 Å². The van der Waals surface area contributed by atoms with Gasteiger partial charge in [-0.2, -0.15) is 10.2 Å². The topological polar surface area (TPSA) is 73.0 Å². The Morgan fingerprint density at radius 3 is 2.41 bits per heavy atom. The van der Waals surface area contributed by atoms with Crippen LogP contribution in [0.1, 0.15) is 55.5 Å². The summed E-state index contributed by atoms with van der Waals surface area (Å²) in [5.41, 5.74) is 2.24. The van der Waals surface area contributed by atoms with Crippen LogP contribution in [0.25, 0.3) is 0 Å². The third-order valence-corrected chi connectivity index (χ3v) is 5.30. The van der Waals surface area contributed by atoms with Crippen molar-refractivity contribution < 1.29 is 4.79 Å². The number of carbonyl (C=O) groups is 1. The molecule has 2 aromatic rings. The van der Waals surface area contributed by atoms with E-state index in [2.05, 4.69) is 31.0 Å². The SMILES string of the molecule is Cc1cc(C(=O)N2CCC(Cn3nc(C(C)(C)C)ccc3=O)CC2)nn1C. The summed E-state index contributed by atoms with van der Waals surface area (Å²) in [6.07, 6.45) is 1.73. The normalized spacial score (nSPS) is 16.0. The summed E-state index contributed by atoms with van der Waals surface area (Å²) in [5.74, 6) is 0.335. The van der Waals surface area contributed by atoms with Gasteiger partial charge in [0.25, 0.3) is 11.5 Å². The molecule has 7 heteroatoms. The molecule has 0 aliphatic carbocycles. The molecule has 1 saturated heterocycles. The van der Waals surface area contributed by atoms with Gasteiger partial charge in [0.05, 0.1) is 5.69 Å². The summed E-state index contributed by atoms with van der Waals surface area (Å²) in [7, 11) is 1.84. The molecule has 0 spiro atoms. The van der Waals surface area contributed by atoms with E-state index in [1.807, 2.05) is 31.0 Å². The molecule has 1 amide bonds. The zero-order chi connectivity index (χ0) is 19.8. The second-order valence-electron chi connectivity index (χ2n) is 8.52. The highest BCUT2D eigenvalue weighted by molar-refractivity contribution is 5.92. The molecular weight excluding hydrogens is 342 g/mol. The van der Waals surface area contributed by atoms with Crippen LogP contribution in [-0.4, -0.2) is 43.5 Å². The maximum Gasteiger partial charge on any atom is 0.274 e. The lowest BCUT2D eigenvalue weighted by molar-refractivity contribution is 0.0673. The fraction of sp³-hybridized carbons (Fsp3) is 0.600. The summed E-state index contributed by atoms with van der Waals surface area (Å²) >= 11 is 0. The van der Waals surface area contributed by atoms with Crippen molar-refractivity contribution >= 4 is 5.91 Å². The van der Waals surface area contributed by atoms with Crippen molar-refractivity contribution in [2.45, 2.75) is 52.5 Å². The molecule has 7 nitrogen and oxygen atoms in total. The monoisotopic (exact) mass is 371 g/mol. The Morgan fingerprint density at radius 2 is 1.85 bits per heavy atom. The van der Waals surface area contributed by atoms with E-state index in [-0.39, 0.29) is 16.9 Å². The quantitative estimate of drug-likeness (QED) is 0.829. The van der Waals surface area contributed by atoms with E-state index >= 15 is 0 Å². The third kappa shape index (κ3) is 4.28. The molecule has 0 saturated carbocycles. The first-order valence-electron chi connectivity index (χ1n) is 9.53. The van der Waals surface area contributed by atoms with Gasteiger partial charge in [-0.1, -0.05) is 20.8 Å². The number of amides is 1. The molecule has 3 heterocycles. The minimum atomic E-state index is -0.0912. The molecule has 0 unspecified atom stereocenters. The largest absolute Gasteiger partial charge is 0.337 e. The van der Waals surface area contributed by atoms with Crippen LogP contribution in [0.3, 0.4) is 0 Å². The van der Waals surface area contributed by atoms with Crippen LogP contribution in [0.2, 0.25) is 0 Å². The highest BCUT2D eigenvalue weighted by atomic mass is 16.2. The lowest BCUT2D eigenvalue weighted by Crippen LogP contribution is -2.40. The second-order valence-corrected chi connectivity index (χ2v) is 8.52. The Balaban J connectivity index is 1.63. The van der Waals surface area contributed by atoms with E-state index in [4.69, 9.17) is 0 Å². The number of hydrogen-bond acceptors (Lipinski definition) is 4. The molecule has 2 aromatic heterocycles. The molecular formula is C20H29N5O2. The summed E-state index contributed by atoms with van der Waals surface area (Å²) in [5, 5.41) is 8.85. The van der Waals surface area contributed by atoms with Gasteiger partial charge in [0.2, 0.25) is 0 Å². The van der Waals surface area contributed by atoms with Gasteiger partial charge in [-0.05, 0) is 37.8 Å². The highest BCUT2D eigenvalue weighted by Crippen LogP contribution is 2.21. The lowest BCUT2D eigenvalue weighted by Gasteiger charge is -2.31. The van der Waals surface area contributed by atoms with Crippen molar-refractivity contribution in [1.82, 2.24) is 24.5 Å². The van der Waals surface area contributed by atoms with Gasteiger partial charge in [0.1, 0.15) is 0 Å². The van der Waals surface area contributed by atoms with Crippen LogP contribution in [0.15, 0.2) is 23.0 Å². The van der Waals surface area contributed by atoms with Gasteiger partial charge in [-0.3, -0.25) is 14.3 Å². The first-order chi connectivity index (χ1) is 12.6. The Hall–Kier alpha value is -2.44. The zero-order valence-corrected chi connectivity index (χ0v) is 16.9. The zero-order valence-electron chi connectivity index (χ0n) is 16.9. The first kappa shape index (κ1) is 19.3. The third-order valence-electron chi connectivity index (χ3n) is 5.30. The molecule has 0 atom stereocenters. The highest BCUT2D eigenvalue weighted by Gasteiger charge is 2.26. The van der Waals surface area contributed by atoms with E-state index in [0.29, 0.717) is 31.2 Å². The molecule has 1 aliphatic heterocycles. The minimum Gasteiger partial charge on any atom is -0.337 e. The van der Waals surface area contributed by atoms with E-state index in [1.165, 1.54) is 0 Å². The van der Waals surface area contributed by atoms with Crippen molar-refractivity contribution in [3.05, 3.63) is 45.6 Å². The number of carbonyl (C=O) groups excluding carboxylic acids is 1. The van der Waals surface area contributed by atoms with Gasteiger partial charge in [0, 0.05) is 43.9 Å². The number of piperidine rings is 1. The number of likely N-dealkylation sites (tertiary alicyclic amines) is 1. The molecule has 0 radical (unpaired) electrons. The Labute approximate surface area is 160 Å². The van der Waals surface area contributed by atoms with Crippen molar-refractivity contribution in [1.29, 1.82) is 0 Å². The van der Waals surface area contributed by atoms with E-state index in [1.54, 1.807) is 15.4 Å². The van der Waals surface area contributed by atoms with Crippen molar-refractivity contribution in [2.24, 2.45) is 13.0 Å². The molecule has 1 fully saturated rings. The Bertz CT molecular complexity index is 863.